The zero-order valence-corrected chi connectivity index (χ0v) is 10.7. The van der Waals surface area contributed by atoms with Crippen LogP contribution in [-0.2, 0) is 6.54 Å². The minimum Gasteiger partial charge on any atom is -0.330 e. The summed E-state index contributed by atoms with van der Waals surface area (Å²) >= 11 is 0. The molecule has 0 amide bonds. The molecule has 1 fully saturated rings. The van der Waals surface area contributed by atoms with Gasteiger partial charge in [0.15, 0.2) is 0 Å². The van der Waals surface area contributed by atoms with Crippen LogP contribution >= 0.6 is 0 Å². The molecule has 2 N–H and O–H groups in total. The fraction of sp³-hybridized carbons (Fsp3) is 0.643. The maximum absolute atomic E-state index is 5.88. The van der Waals surface area contributed by atoms with Crippen LogP contribution in [0.1, 0.15) is 31.2 Å². The summed E-state index contributed by atoms with van der Waals surface area (Å²) in [5.41, 5.74) is 7.68. The van der Waals surface area contributed by atoms with E-state index in [0.717, 1.165) is 19.6 Å². The molecule has 1 aliphatic rings. The molecular formula is C14H23N3. The number of nitrogens with two attached hydrogens (primary N) is 1. The quantitative estimate of drug-likeness (QED) is 0.817. The molecule has 1 aromatic rings. The lowest BCUT2D eigenvalue weighted by Crippen LogP contribution is -2.39. The van der Waals surface area contributed by atoms with E-state index in [2.05, 4.69) is 29.1 Å². The molecule has 1 heterocycles. The molecule has 0 aromatic carbocycles. The zero-order chi connectivity index (χ0) is 12.1. The molecule has 0 spiro atoms. The first kappa shape index (κ1) is 12.5. The van der Waals surface area contributed by atoms with Crippen molar-refractivity contribution in [3.05, 3.63) is 30.1 Å². The van der Waals surface area contributed by atoms with Crippen molar-refractivity contribution in [2.75, 3.05) is 20.1 Å². The van der Waals surface area contributed by atoms with Crippen molar-refractivity contribution >= 4 is 0 Å². The highest BCUT2D eigenvalue weighted by molar-refractivity contribution is 5.09. The van der Waals surface area contributed by atoms with Crippen LogP contribution in [0.3, 0.4) is 0 Å². The van der Waals surface area contributed by atoms with E-state index in [0.29, 0.717) is 5.41 Å². The molecule has 2 rings (SSSR count). The van der Waals surface area contributed by atoms with Crippen molar-refractivity contribution in [3.63, 3.8) is 0 Å². The van der Waals surface area contributed by atoms with Gasteiger partial charge < -0.3 is 10.6 Å². The van der Waals surface area contributed by atoms with E-state index in [4.69, 9.17) is 5.73 Å². The Morgan fingerprint density at radius 1 is 1.35 bits per heavy atom. The highest BCUT2D eigenvalue weighted by atomic mass is 15.1. The predicted octanol–water partition coefficient (Wildman–Crippen LogP) is 2.03. The van der Waals surface area contributed by atoms with E-state index < -0.39 is 0 Å². The number of hydrogen-bond donors (Lipinski definition) is 1. The van der Waals surface area contributed by atoms with Gasteiger partial charge in [0.05, 0.1) is 0 Å². The van der Waals surface area contributed by atoms with Gasteiger partial charge in [-0.25, -0.2) is 0 Å². The summed E-state index contributed by atoms with van der Waals surface area (Å²) in [4.78, 5) is 6.42. The Bertz CT molecular complexity index is 327. The van der Waals surface area contributed by atoms with Gasteiger partial charge in [0, 0.05) is 18.9 Å². The normalized spacial score (nSPS) is 18.1. The first-order valence-corrected chi connectivity index (χ1v) is 6.52. The lowest BCUT2D eigenvalue weighted by atomic mass is 9.66. The van der Waals surface area contributed by atoms with Crippen molar-refractivity contribution < 1.29 is 0 Å². The van der Waals surface area contributed by atoms with Crippen LogP contribution in [0, 0.1) is 5.41 Å². The van der Waals surface area contributed by atoms with Crippen molar-refractivity contribution in [1.82, 2.24) is 9.88 Å². The fourth-order valence-corrected chi connectivity index (χ4v) is 2.54. The van der Waals surface area contributed by atoms with E-state index in [1.807, 2.05) is 12.4 Å². The average Bonchev–Trinajstić information content (AvgIpc) is 2.29. The van der Waals surface area contributed by atoms with Gasteiger partial charge in [0.1, 0.15) is 0 Å². The molecule has 0 aliphatic heterocycles. The summed E-state index contributed by atoms with van der Waals surface area (Å²) in [7, 11) is 2.18. The molecule has 0 saturated heterocycles. The molecule has 0 atom stereocenters. The third-order valence-corrected chi connectivity index (χ3v) is 4.07. The maximum Gasteiger partial charge on any atom is 0.0271 e. The summed E-state index contributed by atoms with van der Waals surface area (Å²) in [5.74, 6) is 0. The summed E-state index contributed by atoms with van der Waals surface area (Å²) < 4.78 is 0. The van der Waals surface area contributed by atoms with Crippen LogP contribution in [0.5, 0.6) is 0 Å². The standard InChI is InChI=1S/C14H23N3/c1-17(11-13-3-8-16-9-4-13)10-7-14(12-15)5-2-6-14/h3-4,8-9H,2,5-7,10-12,15H2,1H3. The number of rotatable bonds is 6. The molecule has 1 aliphatic carbocycles. The van der Waals surface area contributed by atoms with E-state index >= 15 is 0 Å². The Hall–Kier alpha value is -0.930. The highest BCUT2D eigenvalue weighted by Gasteiger charge is 2.34. The molecule has 17 heavy (non-hydrogen) atoms. The van der Waals surface area contributed by atoms with Gasteiger partial charge in [-0.2, -0.15) is 0 Å². The maximum atomic E-state index is 5.88. The third kappa shape index (κ3) is 3.27. The minimum atomic E-state index is 0.465. The molecular weight excluding hydrogens is 210 g/mol. The van der Waals surface area contributed by atoms with E-state index in [-0.39, 0.29) is 0 Å². The third-order valence-electron chi connectivity index (χ3n) is 4.07. The Kier molecular flexibility index (Phi) is 4.13. The van der Waals surface area contributed by atoms with Gasteiger partial charge in [-0.1, -0.05) is 6.42 Å². The average molecular weight is 233 g/mol. The SMILES string of the molecule is CN(CCC1(CN)CCC1)Cc1ccncc1. The summed E-state index contributed by atoms with van der Waals surface area (Å²) in [5, 5.41) is 0. The van der Waals surface area contributed by atoms with Crippen LogP contribution in [0.15, 0.2) is 24.5 Å². The molecule has 94 valence electrons. The lowest BCUT2D eigenvalue weighted by Gasteiger charge is -2.42. The van der Waals surface area contributed by atoms with Crippen LogP contribution in [-0.4, -0.2) is 30.0 Å². The van der Waals surface area contributed by atoms with Crippen molar-refractivity contribution in [2.24, 2.45) is 11.1 Å². The topological polar surface area (TPSA) is 42.1 Å². The second kappa shape index (κ2) is 5.61. The van der Waals surface area contributed by atoms with E-state index in [9.17, 15) is 0 Å². The van der Waals surface area contributed by atoms with Crippen molar-refractivity contribution in [1.29, 1.82) is 0 Å². The summed E-state index contributed by atoms with van der Waals surface area (Å²) in [6, 6.07) is 4.16. The van der Waals surface area contributed by atoms with Crippen molar-refractivity contribution in [3.8, 4) is 0 Å². The Morgan fingerprint density at radius 3 is 2.59 bits per heavy atom. The molecule has 0 unspecified atom stereocenters. The predicted molar refractivity (Wildman–Crippen MR) is 70.5 cm³/mol. The van der Waals surface area contributed by atoms with Gasteiger partial charge in [0.25, 0.3) is 0 Å². The van der Waals surface area contributed by atoms with Gasteiger partial charge in [-0.3, -0.25) is 4.98 Å². The Labute approximate surface area is 104 Å². The van der Waals surface area contributed by atoms with Gasteiger partial charge in [0.2, 0.25) is 0 Å². The van der Waals surface area contributed by atoms with Crippen LogP contribution in [0.2, 0.25) is 0 Å². The number of nitrogens with zero attached hydrogens (tertiary/aromatic N) is 2. The first-order valence-electron chi connectivity index (χ1n) is 6.52. The fourth-order valence-electron chi connectivity index (χ4n) is 2.54. The molecule has 1 aromatic heterocycles. The number of pyridine rings is 1. The van der Waals surface area contributed by atoms with Gasteiger partial charge in [-0.05, 0) is 62.5 Å². The first-order chi connectivity index (χ1) is 8.24. The van der Waals surface area contributed by atoms with Crippen molar-refractivity contribution in [2.45, 2.75) is 32.2 Å². The Balaban J connectivity index is 1.76. The monoisotopic (exact) mass is 233 g/mol. The van der Waals surface area contributed by atoms with Crippen LogP contribution in [0.4, 0.5) is 0 Å². The van der Waals surface area contributed by atoms with E-state index in [1.165, 1.54) is 31.2 Å². The minimum absolute atomic E-state index is 0.465. The second-order valence-corrected chi connectivity index (χ2v) is 5.40. The van der Waals surface area contributed by atoms with Gasteiger partial charge >= 0.3 is 0 Å². The second-order valence-electron chi connectivity index (χ2n) is 5.40. The molecule has 3 heteroatoms. The summed E-state index contributed by atoms with van der Waals surface area (Å²) in [6.45, 7) is 3.00. The lowest BCUT2D eigenvalue weighted by molar-refractivity contribution is 0.111. The van der Waals surface area contributed by atoms with Crippen LogP contribution in [0.25, 0.3) is 0 Å². The molecule has 0 bridgehead atoms. The Morgan fingerprint density at radius 2 is 2.06 bits per heavy atom. The van der Waals surface area contributed by atoms with Gasteiger partial charge in [-0.15, -0.1) is 0 Å². The highest BCUT2D eigenvalue weighted by Crippen LogP contribution is 2.42. The van der Waals surface area contributed by atoms with E-state index in [1.54, 1.807) is 0 Å². The zero-order valence-electron chi connectivity index (χ0n) is 10.7. The molecule has 0 radical (unpaired) electrons. The summed E-state index contributed by atoms with van der Waals surface area (Å²) in [6.07, 6.45) is 8.97. The largest absolute Gasteiger partial charge is 0.330 e. The number of aromatic nitrogens is 1. The molecule has 3 nitrogen and oxygen atoms in total. The number of hydrogen-bond acceptors (Lipinski definition) is 3. The van der Waals surface area contributed by atoms with Crippen LogP contribution < -0.4 is 5.73 Å². The smallest absolute Gasteiger partial charge is 0.0271 e. The molecule has 1 saturated carbocycles.